The smallest absolute Gasteiger partial charge is 0.339 e. The van der Waals surface area contributed by atoms with Crippen molar-refractivity contribution in [1.29, 1.82) is 0 Å². The summed E-state index contributed by atoms with van der Waals surface area (Å²) in [7, 11) is 0. The lowest BCUT2D eigenvalue weighted by Crippen LogP contribution is -2.22. The van der Waals surface area contributed by atoms with Gasteiger partial charge < -0.3 is 14.8 Å². The Balaban J connectivity index is 1.76. The zero-order valence-electron chi connectivity index (χ0n) is 13.1. The standard InChI is InChI=1S/C17H17Cl2NO4/c1-10-13(17(22)23)8-12(24-10)9-20-16(21)4-2-3-11-5-6-14(18)15(19)7-11/h5-8H,2-4,9H2,1H3,(H,20,21)(H,22,23). The fourth-order valence-corrected chi connectivity index (χ4v) is 2.59. The number of carbonyl (C=O) groups is 2. The first kappa shape index (κ1) is 18.4. The van der Waals surface area contributed by atoms with E-state index in [9.17, 15) is 9.59 Å². The van der Waals surface area contributed by atoms with Crippen molar-refractivity contribution < 1.29 is 19.1 Å². The van der Waals surface area contributed by atoms with Crippen molar-refractivity contribution in [2.45, 2.75) is 32.7 Å². The highest BCUT2D eigenvalue weighted by Crippen LogP contribution is 2.23. The summed E-state index contributed by atoms with van der Waals surface area (Å²) < 4.78 is 5.30. The van der Waals surface area contributed by atoms with Gasteiger partial charge >= 0.3 is 5.97 Å². The zero-order valence-corrected chi connectivity index (χ0v) is 14.6. The lowest BCUT2D eigenvalue weighted by Gasteiger charge is -2.05. The maximum absolute atomic E-state index is 11.8. The third-order valence-corrected chi connectivity index (χ3v) is 4.25. The molecule has 0 aliphatic carbocycles. The molecular weight excluding hydrogens is 353 g/mol. The molecular formula is C17H17Cl2NO4. The third kappa shape index (κ3) is 5.01. The van der Waals surface area contributed by atoms with Gasteiger partial charge in [0.05, 0.1) is 16.6 Å². The van der Waals surface area contributed by atoms with Crippen LogP contribution in [0.5, 0.6) is 0 Å². The number of furan rings is 1. The second kappa shape index (κ2) is 8.22. The number of halogens is 2. The van der Waals surface area contributed by atoms with Gasteiger partial charge in [-0.2, -0.15) is 0 Å². The van der Waals surface area contributed by atoms with Crippen LogP contribution < -0.4 is 5.32 Å². The van der Waals surface area contributed by atoms with Crippen LogP contribution in [-0.2, 0) is 17.8 Å². The minimum atomic E-state index is -1.05. The molecule has 0 radical (unpaired) electrons. The minimum Gasteiger partial charge on any atom is -0.478 e. The first-order chi connectivity index (χ1) is 11.4. The van der Waals surface area contributed by atoms with E-state index < -0.39 is 5.97 Å². The minimum absolute atomic E-state index is 0.110. The van der Waals surface area contributed by atoms with Crippen LogP contribution in [0.3, 0.4) is 0 Å². The average molecular weight is 370 g/mol. The van der Waals surface area contributed by atoms with Crippen molar-refractivity contribution in [1.82, 2.24) is 5.32 Å². The molecule has 0 aliphatic rings. The van der Waals surface area contributed by atoms with E-state index in [1.165, 1.54) is 6.07 Å². The maximum atomic E-state index is 11.8. The largest absolute Gasteiger partial charge is 0.478 e. The molecule has 0 aliphatic heterocycles. The van der Waals surface area contributed by atoms with Gasteiger partial charge in [0.2, 0.25) is 5.91 Å². The molecule has 1 aromatic heterocycles. The topological polar surface area (TPSA) is 79.5 Å². The molecule has 0 fully saturated rings. The van der Waals surface area contributed by atoms with Gasteiger partial charge in [-0.1, -0.05) is 29.3 Å². The summed E-state index contributed by atoms with van der Waals surface area (Å²) in [4.78, 5) is 22.8. The molecule has 2 aromatic rings. The Morgan fingerprint density at radius 3 is 2.58 bits per heavy atom. The number of carboxylic acids is 1. The predicted molar refractivity (Wildman–Crippen MR) is 91.7 cm³/mol. The van der Waals surface area contributed by atoms with Crippen molar-refractivity contribution in [3.05, 3.63) is 57.0 Å². The zero-order chi connectivity index (χ0) is 17.7. The summed E-state index contributed by atoms with van der Waals surface area (Å²) in [5.41, 5.74) is 1.13. The highest BCUT2D eigenvalue weighted by atomic mass is 35.5. The van der Waals surface area contributed by atoms with Crippen LogP contribution in [0.1, 0.15) is 40.3 Å². The van der Waals surface area contributed by atoms with Crippen molar-refractivity contribution in [2.24, 2.45) is 0 Å². The number of hydrogen-bond donors (Lipinski definition) is 2. The number of hydrogen-bond acceptors (Lipinski definition) is 3. The van der Waals surface area contributed by atoms with Crippen LogP contribution in [0.25, 0.3) is 0 Å². The number of aromatic carboxylic acids is 1. The first-order valence-electron chi connectivity index (χ1n) is 7.40. The number of amides is 1. The quantitative estimate of drug-likeness (QED) is 0.764. The normalized spacial score (nSPS) is 10.6. The molecule has 1 aromatic carbocycles. The average Bonchev–Trinajstić information content (AvgIpc) is 2.90. The van der Waals surface area contributed by atoms with Crippen molar-refractivity contribution in [3.8, 4) is 0 Å². The second-order valence-electron chi connectivity index (χ2n) is 5.37. The first-order valence-corrected chi connectivity index (χ1v) is 8.15. The number of rotatable bonds is 7. The third-order valence-electron chi connectivity index (χ3n) is 3.51. The molecule has 0 saturated carbocycles. The van der Waals surface area contributed by atoms with Crippen LogP contribution >= 0.6 is 23.2 Å². The summed E-state index contributed by atoms with van der Waals surface area (Å²) in [6.07, 6.45) is 1.74. The highest BCUT2D eigenvalue weighted by Gasteiger charge is 2.14. The number of aryl methyl sites for hydroxylation is 2. The van der Waals surface area contributed by atoms with Gasteiger partial charge in [0.1, 0.15) is 17.1 Å². The van der Waals surface area contributed by atoms with Gasteiger partial charge in [-0.3, -0.25) is 4.79 Å². The molecule has 5 nitrogen and oxygen atoms in total. The summed E-state index contributed by atoms with van der Waals surface area (Å²) in [5.74, 6) is -0.425. The van der Waals surface area contributed by atoms with E-state index in [1.807, 2.05) is 6.07 Å². The number of nitrogens with one attached hydrogen (secondary N) is 1. The Morgan fingerprint density at radius 2 is 1.96 bits per heavy atom. The lowest BCUT2D eigenvalue weighted by atomic mass is 10.1. The van der Waals surface area contributed by atoms with Crippen molar-refractivity contribution in [3.63, 3.8) is 0 Å². The van der Waals surface area contributed by atoms with Crippen LogP contribution in [0.15, 0.2) is 28.7 Å². The SMILES string of the molecule is Cc1oc(CNC(=O)CCCc2ccc(Cl)c(Cl)c2)cc1C(=O)O. The molecule has 0 bridgehead atoms. The molecule has 24 heavy (non-hydrogen) atoms. The van der Waals surface area contributed by atoms with Gasteiger partial charge in [0.15, 0.2) is 0 Å². The number of carbonyl (C=O) groups excluding carboxylic acids is 1. The van der Waals surface area contributed by atoms with E-state index >= 15 is 0 Å². The van der Waals surface area contributed by atoms with E-state index in [-0.39, 0.29) is 18.0 Å². The molecule has 0 atom stereocenters. The Morgan fingerprint density at radius 1 is 1.21 bits per heavy atom. The van der Waals surface area contributed by atoms with Crippen molar-refractivity contribution in [2.75, 3.05) is 0 Å². The lowest BCUT2D eigenvalue weighted by molar-refractivity contribution is -0.121. The van der Waals surface area contributed by atoms with Crippen molar-refractivity contribution >= 4 is 35.1 Å². The predicted octanol–water partition coefficient (Wildman–Crippen LogP) is 4.23. The summed E-state index contributed by atoms with van der Waals surface area (Å²) in [6.45, 7) is 1.74. The summed E-state index contributed by atoms with van der Waals surface area (Å²) in [6, 6.07) is 6.83. The van der Waals surface area contributed by atoms with E-state index in [2.05, 4.69) is 5.32 Å². The fourth-order valence-electron chi connectivity index (χ4n) is 2.27. The van der Waals surface area contributed by atoms with E-state index in [0.29, 0.717) is 40.8 Å². The molecule has 2 rings (SSSR count). The maximum Gasteiger partial charge on any atom is 0.339 e. The fraction of sp³-hybridized carbons (Fsp3) is 0.294. The molecule has 128 valence electrons. The molecule has 1 amide bonds. The Labute approximate surface area is 149 Å². The monoisotopic (exact) mass is 369 g/mol. The van der Waals surface area contributed by atoms with Crippen LogP contribution in [-0.4, -0.2) is 17.0 Å². The molecule has 0 saturated heterocycles. The van der Waals surface area contributed by atoms with E-state index in [0.717, 1.165) is 5.56 Å². The van der Waals surface area contributed by atoms with Crippen LogP contribution in [0.2, 0.25) is 10.0 Å². The van der Waals surface area contributed by atoms with Gasteiger partial charge in [-0.25, -0.2) is 4.79 Å². The van der Waals surface area contributed by atoms with E-state index in [4.69, 9.17) is 32.7 Å². The Hall–Kier alpha value is -1.98. The molecule has 0 unspecified atom stereocenters. The van der Waals surface area contributed by atoms with Crippen LogP contribution in [0.4, 0.5) is 0 Å². The second-order valence-corrected chi connectivity index (χ2v) is 6.18. The van der Waals surface area contributed by atoms with Gasteiger partial charge in [0, 0.05) is 6.42 Å². The summed E-state index contributed by atoms with van der Waals surface area (Å²) in [5, 5.41) is 12.7. The molecule has 1 heterocycles. The van der Waals surface area contributed by atoms with Crippen LogP contribution in [0, 0.1) is 6.92 Å². The Kier molecular flexibility index (Phi) is 6.29. The number of benzene rings is 1. The summed E-state index contributed by atoms with van der Waals surface area (Å²) >= 11 is 11.8. The van der Waals surface area contributed by atoms with Gasteiger partial charge in [0.25, 0.3) is 0 Å². The van der Waals surface area contributed by atoms with Gasteiger partial charge in [-0.05, 0) is 43.5 Å². The highest BCUT2D eigenvalue weighted by molar-refractivity contribution is 6.42. The molecule has 0 spiro atoms. The Bertz CT molecular complexity index is 755. The van der Waals surface area contributed by atoms with Gasteiger partial charge in [-0.15, -0.1) is 0 Å². The molecule has 7 heteroatoms. The van der Waals surface area contributed by atoms with E-state index in [1.54, 1.807) is 19.1 Å². The number of carboxylic acid groups (broad SMARTS) is 1. The molecule has 2 N–H and O–H groups in total.